The van der Waals surface area contributed by atoms with E-state index < -0.39 is 16.2 Å². The number of fused-ring (bicyclic) bond motifs is 1. The Kier molecular flexibility index (Phi) is 6.15. The molecule has 1 aliphatic rings. The molecule has 0 aliphatic carbocycles. The molecular formula is C23H20ClN3O3S. The molecule has 0 radical (unpaired) electrons. The molecule has 8 heteroatoms. The average Bonchev–Trinajstić information content (AvgIpc) is 2.79. The second-order valence-electron chi connectivity index (χ2n) is 7.23. The molecule has 31 heavy (non-hydrogen) atoms. The molecule has 1 amide bonds. The molecule has 2 atom stereocenters. The van der Waals surface area contributed by atoms with Crippen molar-refractivity contribution in [3.05, 3.63) is 94.3 Å². The van der Waals surface area contributed by atoms with Gasteiger partial charge in [-0.15, -0.1) is 0 Å². The number of carbonyl (C=O) groups excluding carboxylic acids is 2. The van der Waals surface area contributed by atoms with Crippen molar-refractivity contribution in [2.45, 2.75) is 18.2 Å². The first-order chi connectivity index (χ1) is 14.9. The van der Waals surface area contributed by atoms with Gasteiger partial charge in [0, 0.05) is 42.1 Å². The van der Waals surface area contributed by atoms with E-state index in [0.717, 1.165) is 11.1 Å². The minimum atomic E-state index is -1.53. The van der Waals surface area contributed by atoms with Crippen LogP contribution in [-0.2, 0) is 24.0 Å². The van der Waals surface area contributed by atoms with E-state index in [1.807, 2.05) is 18.2 Å². The zero-order valence-electron chi connectivity index (χ0n) is 16.7. The van der Waals surface area contributed by atoms with Crippen molar-refractivity contribution in [2.75, 3.05) is 11.4 Å². The smallest absolute Gasteiger partial charge is 0.251 e. The summed E-state index contributed by atoms with van der Waals surface area (Å²) in [6.45, 7) is 0.355. The molecule has 1 aliphatic heterocycles. The van der Waals surface area contributed by atoms with E-state index in [1.165, 1.54) is 0 Å². The van der Waals surface area contributed by atoms with Gasteiger partial charge in [0.05, 0.1) is 5.69 Å². The maximum atomic E-state index is 13.2. The van der Waals surface area contributed by atoms with Crippen LogP contribution in [0.25, 0.3) is 0 Å². The minimum absolute atomic E-state index is 0.241. The summed E-state index contributed by atoms with van der Waals surface area (Å²) < 4.78 is 14.6. The van der Waals surface area contributed by atoms with Crippen molar-refractivity contribution < 1.29 is 13.8 Å². The fourth-order valence-electron chi connectivity index (χ4n) is 3.53. The molecule has 1 N–H and O–H groups in total. The standard InChI is InChI=1S/C23H20ClN3O3S/c1-27-20-6-5-17(23(29)26-14-15-7-9-25-10-8-15)13-19(20)22(28)21(31(27)30)12-16-3-2-4-18(24)11-16/h2-11,13,21H,12,14H2,1H3,(H,26,29). The van der Waals surface area contributed by atoms with Crippen molar-refractivity contribution in [3.63, 3.8) is 0 Å². The lowest BCUT2D eigenvalue weighted by Crippen LogP contribution is -2.42. The Morgan fingerprint density at radius 1 is 1.13 bits per heavy atom. The summed E-state index contributed by atoms with van der Waals surface area (Å²) in [6, 6.07) is 15.7. The van der Waals surface area contributed by atoms with Gasteiger partial charge in [0.1, 0.15) is 16.2 Å². The number of benzene rings is 2. The van der Waals surface area contributed by atoms with Crippen LogP contribution in [0.2, 0.25) is 5.02 Å². The lowest BCUT2D eigenvalue weighted by molar-refractivity contribution is 0.0951. The van der Waals surface area contributed by atoms with Crippen LogP contribution < -0.4 is 9.62 Å². The van der Waals surface area contributed by atoms with E-state index in [2.05, 4.69) is 10.3 Å². The van der Waals surface area contributed by atoms with Gasteiger partial charge in [0.2, 0.25) is 0 Å². The number of rotatable bonds is 5. The number of pyridine rings is 1. The summed E-state index contributed by atoms with van der Waals surface area (Å²) in [5, 5.41) is 2.67. The third-order valence-electron chi connectivity index (χ3n) is 5.18. The van der Waals surface area contributed by atoms with Crippen molar-refractivity contribution in [3.8, 4) is 0 Å². The number of amides is 1. The SMILES string of the molecule is CN1c2ccc(C(=O)NCc3ccncc3)cc2C(=O)C(Cc2cccc(Cl)c2)S1=O. The lowest BCUT2D eigenvalue weighted by Gasteiger charge is -2.31. The molecule has 0 spiro atoms. The van der Waals surface area contributed by atoms with Crippen LogP contribution in [0, 0.1) is 0 Å². The number of ketones is 1. The number of nitrogens with zero attached hydrogens (tertiary/aromatic N) is 2. The van der Waals surface area contributed by atoms with E-state index in [1.54, 1.807) is 60.1 Å². The fraction of sp³-hybridized carbons (Fsp3) is 0.174. The third-order valence-corrected chi connectivity index (χ3v) is 7.02. The van der Waals surface area contributed by atoms with Gasteiger partial charge >= 0.3 is 0 Å². The molecule has 6 nitrogen and oxygen atoms in total. The maximum absolute atomic E-state index is 13.2. The van der Waals surface area contributed by atoms with Crippen molar-refractivity contribution in [2.24, 2.45) is 0 Å². The number of hydrogen-bond acceptors (Lipinski definition) is 4. The van der Waals surface area contributed by atoms with E-state index >= 15 is 0 Å². The van der Waals surface area contributed by atoms with Crippen molar-refractivity contribution >= 4 is 40.0 Å². The zero-order chi connectivity index (χ0) is 22.0. The highest BCUT2D eigenvalue weighted by molar-refractivity contribution is 7.88. The van der Waals surface area contributed by atoms with E-state index in [0.29, 0.717) is 34.8 Å². The van der Waals surface area contributed by atoms with Crippen LogP contribution in [0.15, 0.2) is 67.0 Å². The molecule has 2 unspecified atom stereocenters. The fourth-order valence-corrected chi connectivity index (χ4v) is 5.12. The van der Waals surface area contributed by atoms with Crippen LogP contribution in [0.4, 0.5) is 5.69 Å². The molecule has 4 rings (SSSR count). The summed E-state index contributed by atoms with van der Waals surface area (Å²) in [5.41, 5.74) is 3.09. The number of aromatic nitrogens is 1. The van der Waals surface area contributed by atoms with Crippen molar-refractivity contribution in [1.82, 2.24) is 10.3 Å². The third kappa shape index (κ3) is 4.52. The maximum Gasteiger partial charge on any atom is 0.251 e. The first kappa shape index (κ1) is 21.2. The normalized spacial score (nSPS) is 17.9. The molecule has 1 aromatic heterocycles. The molecule has 3 aromatic rings. The van der Waals surface area contributed by atoms with Gasteiger partial charge in [0.25, 0.3) is 5.91 Å². The van der Waals surface area contributed by atoms with Crippen LogP contribution in [-0.4, -0.2) is 33.2 Å². The molecule has 2 heterocycles. The number of Topliss-reactive ketones (excluding diaryl/α,β-unsaturated/α-hetero) is 1. The molecule has 0 bridgehead atoms. The number of nitrogens with one attached hydrogen (secondary N) is 1. The highest BCUT2D eigenvalue weighted by Gasteiger charge is 2.37. The molecular weight excluding hydrogens is 434 g/mol. The summed E-state index contributed by atoms with van der Waals surface area (Å²) in [5.74, 6) is -0.525. The first-order valence-electron chi connectivity index (χ1n) is 9.68. The number of anilines is 1. The second kappa shape index (κ2) is 8.99. The first-order valence-corrected chi connectivity index (χ1v) is 11.2. The van der Waals surface area contributed by atoms with E-state index in [9.17, 15) is 13.8 Å². The van der Waals surface area contributed by atoms with Gasteiger partial charge in [-0.3, -0.25) is 18.9 Å². The molecule has 0 fully saturated rings. The molecule has 0 saturated carbocycles. The monoisotopic (exact) mass is 453 g/mol. The van der Waals surface area contributed by atoms with E-state index in [4.69, 9.17) is 11.6 Å². The Balaban J connectivity index is 1.57. The topological polar surface area (TPSA) is 79.4 Å². The molecule has 2 aromatic carbocycles. The largest absolute Gasteiger partial charge is 0.348 e. The number of hydrogen-bond donors (Lipinski definition) is 1. The Labute approximate surface area is 187 Å². The van der Waals surface area contributed by atoms with Crippen LogP contribution in [0.3, 0.4) is 0 Å². The Morgan fingerprint density at radius 2 is 1.90 bits per heavy atom. The summed E-state index contributed by atoms with van der Waals surface area (Å²) in [6.07, 6.45) is 3.62. The van der Waals surface area contributed by atoms with Gasteiger partial charge in [-0.05, 0) is 60.0 Å². The summed E-state index contributed by atoms with van der Waals surface area (Å²) in [4.78, 5) is 29.8. The second-order valence-corrected chi connectivity index (χ2v) is 9.34. The average molecular weight is 454 g/mol. The lowest BCUT2D eigenvalue weighted by atomic mass is 9.98. The highest BCUT2D eigenvalue weighted by Crippen LogP contribution is 2.32. The van der Waals surface area contributed by atoms with Gasteiger partial charge in [-0.25, -0.2) is 4.21 Å². The van der Waals surface area contributed by atoms with Crippen LogP contribution in [0.1, 0.15) is 31.8 Å². The van der Waals surface area contributed by atoms with Crippen molar-refractivity contribution in [1.29, 1.82) is 0 Å². The quantitative estimate of drug-likeness (QED) is 0.640. The molecule has 0 saturated heterocycles. The minimum Gasteiger partial charge on any atom is -0.348 e. The Morgan fingerprint density at radius 3 is 2.65 bits per heavy atom. The molecule has 158 valence electrons. The Bertz CT molecular complexity index is 1170. The van der Waals surface area contributed by atoms with Crippen LogP contribution in [0.5, 0.6) is 0 Å². The van der Waals surface area contributed by atoms with Gasteiger partial charge in [0.15, 0.2) is 5.78 Å². The summed E-state index contributed by atoms with van der Waals surface area (Å²) >= 11 is 6.06. The number of halogens is 1. The summed E-state index contributed by atoms with van der Waals surface area (Å²) in [7, 11) is 0.157. The van der Waals surface area contributed by atoms with Gasteiger partial charge in [-0.2, -0.15) is 0 Å². The van der Waals surface area contributed by atoms with Gasteiger partial charge < -0.3 is 5.32 Å². The van der Waals surface area contributed by atoms with Crippen LogP contribution >= 0.6 is 11.6 Å². The Hall–Kier alpha value is -3.03. The van der Waals surface area contributed by atoms with Gasteiger partial charge in [-0.1, -0.05) is 23.7 Å². The number of carbonyl (C=O) groups is 2. The predicted molar refractivity (Wildman–Crippen MR) is 122 cm³/mol. The van der Waals surface area contributed by atoms with E-state index in [-0.39, 0.29) is 11.7 Å². The highest BCUT2D eigenvalue weighted by atomic mass is 35.5. The predicted octanol–water partition coefficient (Wildman–Crippen LogP) is 3.57. The zero-order valence-corrected chi connectivity index (χ0v) is 18.3.